The predicted octanol–water partition coefficient (Wildman–Crippen LogP) is 2.48. The van der Waals surface area contributed by atoms with Crippen molar-refractivity contribution in [2.75, 3.05) is 17.7 Å². The summed E-state index contributed by atoms with van der Waals surface area (Å²) in [5, 5.41) is 0. The molecule has 0 atom stereocenters. The Morgan fingerprint density at radius 3 is 2.50 bits per heavy atom. The average Bonchev–Trinajstić information content (AvgIpc) is 2.45. The number of methoxy groups -OCH3 is 1. The standard InChI is InChI=1S/C15H20N4O/c1-11(2)19(9-12-7-5-4-6-8-12)15-13(20-3)14(16)17-10-18-15/h4-8,10-11H,9H2,1-3H3,(H2,16,17,18). The van der Waals surface area contributed by atoms with E-state index in [4.69, 9.17) is 10.5 Å². The zero-order valence-corrected chi connectivity index (χ0v) is 12.1. The van der Waals surface area contributed by atoms with E-state index in [0.717, 1.165) is 12.4 Å². The molecule has 5 heteroatoms. The van der Waals surface area contributed by atoms with Gasteiger partial charge in [-0.15, -0.1) is 0 Å². The van der Waals surface area contributed by atoms with Crippen LogP contribution in [0.4, 0.5) is 11.6 Å². The van der Waals surface area contributed by atoms with Gasteiger partial charge in [-0.25, -0.2) is 9.97 Å². The van der Waals surface area contributed by atoms with Crippen molar-refractivity contribution in [1.82, 2.24) is 9.97 Å². The molecule has 0 saturated carbocycles. The van der Waals surface area contributed by atoms with Crippen molar-refractivity contribution < 1.29 is 4.74 Å². The molecule has 0 amide bonds. The molecule has 0 aliphatic heterocycles. The van der Waals surface area contributed by atoms with Crippen LogP contribution >= 0.6 is 0 Å². The van der Waals surface area contributed by atoms with Gasteiger partial charge in [0.2, 0.25) is 5.75 Å². The van der Waals surface area contributed by atoms with E-state index in [2.05, 4.69) is 40.8 Å². The van der Waals surface area contributed by atoms with Gasteiger partial charge < -0.3 is 15.4 Å². The lowest BCUT2D eigenvalue weighted by Crippen LogP contribution is -2.31. The quantitative estimate of drug-likeness (QED) is 0.906. The van der Waals surface area contributed by atoms with Crippen molar-refractivity contribution in [3.8, 4) is 5.75 Å². The Labute approximate surface area is 119 Å². The second-order valence-electron chi connectivity index (χ2n) is 4.82. The number of nitrogen functional groups attached to an aromatic ring is 1. The second-order valence-corrected chi connectivity index (χ2v) is 4.82. The van der Waals surface area contributed by atoms with Crippen LogP contribution in [0.25, 0.3) is 0 Å². The summed E-state index contributed by atoms with van der Waals surface area (Å²) < 4.78 is 5.35. The summed E-state index contributed by atoms with van der Waals surface area (Å²) in [4.78, 5) is 10.5. The first-order valence-electron chi connectivity index (χ1n) is 6.58. The van der Waals surface area contributed by atoms with Gasteiger partial charge in [0.25, 0.3) is 0 Å². The highest BCUT2D eigenvalue weighted by Gasteiger charge is 2.19. The van der Waals surface area contributed by atoms with E-state index in [0.29, 0.717) is 11.6 Å². The molecule has 20 heavy (non-hydrogen) atoms. The van der Waals surface area contributed by atoms with Crippen LogP contribution in [0, 0.1) is 0 Å². The SMILES string of the molecule is COc1c(N)ncnc1N(Cc1ccccc1)C(C)C. The van der Waals surface area contributed by atoms with Gasteiger partial charge in [-0.3, -0.25) is 0 Å². The zero-order chi connectivity index (χ0) is 14.5. The van der Waals surface area contributed by atoms with E-state index in [9.17, 15) is 0 Å². The molecular formula is C15H20N4O. The molecule has 1 aromatic carbocycles. The first-order valence-corrected chi connectivity index (χ1v) is 6.58. The maximum Gasteiger partial charge on any atom is 0.204 e. The number of ether oxygens (including phenoxy) is 1. The number of hydrogen-bond acceptors (Lipinski definition) is 5. The van der Waals surface area contributed by atoms with E-state index in [1.54, 1.807) is 7.11 Å². The Bertz CT molecular complexity index is 557. The maximum absolute atomic E-state index is 5.86. The summed E-state index contributed by atoms with van der Waals surface area (Å²) >= 11 is 0. The third-order valence-electron chi connectivity index (χ3n) is 3.11. The minimum atomic E-state index is 0.262. The van der Waals surface area contributed by atoms with E-state index in [-0.39, 0.29) is 6.04 Å². The van der Waals surface area contributed by atoms with Crippen LogP contribution in [0.15, 0.2) is 36.7 Å². The molecule has 0 bridgehead atoms. The molecule has 2 aromatic rings. The molecule has 0 aliphatic rings. The Morgan fingerprint density at radius 2 is 1.90 bits per heavy atom. The van der Waals surface area contributed by atoms with Crippen LogP contribution in [0.5, 0.6) is 5.75 Å². The molecule has 5 nitrogen and oxygen atoms in total. The van der Waals surface area contributed by atoms with Crippen LogP contribution < -0.4 is 15.4 Å². The molecule has 0 spiro atoms. The fraction of sp³-hybridized carbons (Fsp3) is 0.333. The summed E-state index contributed by atoms with van der Waals surface area (Å²) in [6, 6.07) is 10.5. The fourth-order valence-electron chi connectivity index (χ4n) is 2.06. The lowest BCUT2D eigenvalue weighted by Gasteiger charge is -2.29. The molecule has 2 N–H and O–H groups in total. The Morgan fingerprint density at radius 1 is 1.20 bits per heavy atom. The number of anilines is 2. The van der Waals surface area contributed by atoms with Crippen molar-refractivity contribution in [3.63, 3.8) is 0 Å². The van der Waals surface area contributed by atoms with Crippen molar-refractivity contribution in [2.45, 2.75) is 26.4 Å². The molecule has 2 rings (SSSR count). The van der Waals surface area contributed by atoms with E-state index in [1.165, 1.54) is 11.9 Å². The van der Waals surface area contributed by atoms with Crippen molar-refractivity contribution >= 4 is 11.6 Å². The molecule has 0 unspecified atom stereocenters. The van der Waals surface area contributed by atoms with Gasteiger partial charge in [0.05, 0.1) is 7.11 Å². The van der Waals surface area contributed by atoms with Gasteiger partial charge >= 0.3 is 0 Å². The first kappa shape index (κ1) is 14.1. The molecular weight excluding hydrogens is 252 g/mol. The van der Waals surface area contributed by atoms with E-state index < -0.39 is 0 Å². The van der Waals surface area contributed by atoms with Crippen LogP contribution in [-0.4, -0.2) is 23.1 Å². The van der Waals surface area contributed by atoms with Gasteiger partial charge in [-0.05, 0) is 19.4 Å². The lowest BCUT2D eigenvalue weighted by atomic mass is 10.2. The molecule has 0 radical (unpaired) electrons. The third kappa shape index (κ3) is 2.99. The normalized spacial score (nSPS) is 10.6. The molecule has 1 heterocycles. The van der Waals surface area contributed by atoms with Crippen LogP contribution in [0.1, 0.15) is 19.4 Å². The lowest BCUT2D eigenvalue weighted by molar-refractivity contribution is 0.411. The van der Waals surface area contributed by atoms with E-state index >= 15 is 0 Å². The summed E-state index contributed by atoms with van der Waals surface area (Å²) in [5.74, 6) is 1.60. The average molecular weight is 272 g/mol. The smallest absolute Gasteiger partial charge is 0.204 e. The molecule has 0 saturated heterocycles. The first-order chi connectivity index (χ1) is 9.63. The number of hydrogen-bond donors (Lipinski definition) is 1. The predicted molar refractivity (Wildman–Crippen MR) is 80.8 cm³/mol. The van der Waals surface area contributed by atoms with Gasteiger partial charge in [-0.2, -0.15) is 0 Å². The number of nitrogens with two attached hydrogens (primary N) is 1. The fourth-order valence-corrected chi connectivity index (χ4v) is 2.06. The maximum atomic E-state index is 5.86. The topological polar surface area (TPSA) is 64.3 Å². The molecule has 106 valence electrons. The van der Waals surface area contributed by atoms with Crippen LogP contribution in [0.2, 0.25) is 0 Å². The number of rotatable bonds is 5. The summed E-state index contributed by atoms with van der Waals surface area (Å²) in [6.45, 7) is 4.96. The summed E-state index contributed by atoms with van der Waals surface area (Å²) in [5.41, 5.74) is 7.07. The summed E-state index contributed by atoms with van der Waals surface area (Å²) in [7, 11) is 1.58. The minimum Gasteiger partial charge on any atom is -0.490 e. The van der Waals surface area contributed by atoms with Gasteiger partial charge in [-0.1, -0.05) is 30.3 Å². The Hall–Kier alpha value is -2.30. The van der Waals surface area contributed by atoms with Crippen LogP contribution in [0.3, 0.4) is 0 Å². The molecule has 1 aromatic heterocycles. The second kappa shape index (κ2) is 6.23. The van der Waals surface area contributed by atoms with Crippen molar-refractivity contribution in [2.24, 2.45) is 0 Å². The highest BCUT2D eigenvalue weighted by Crippen LogP contribution is 2.31. The van der Waals surface area contributed by atoms with Gasteiger partial charge in [0, 0.05) is 12.6 Å². The van der Waals surface area contributed by atoms with Gasteiger partial charge in [0.15, 0.2) is 11.6 Å². The number of nitrogens with zero attached hydrogens (tertiary/aromatic N) is 3. The number of aromatic nitrogens is 2. The Balaban J connectivity index is 2.37. The van der Waals surface area contributed by atoms with Gasteiger partial charge in [0.1, 0.15) is 6.33 Å². The minimum absolute atomic E-state index is 0.262. The highest BCUT2D eigenvalue weighted by molar-refractivity contribution is 5.63. The van der Waals surface area contributed by atoms with Crippen LogP contribution in [-0.2, 0) is 6.54 Å². The monoisotopic (exact) mass is 272 g/mol. The zero-order valence-electron chi connectivity index (χ0n) is 12.1. The molecule has 0 aliphatic carbocycles. The van der Waals surface area contributed by atoms with Crippen molar-refractivity contribution in [3.05, 3.63) is 42.2 Å². The molecule has 0 fully saturated rings. The number of benzene rings is 1. The summed E-state index contributed by atoms with van der Waals surface area (Å²) in [6.07, 6.45) is 1.47. The highest BCUT2D eigenvalue weighted by atomic mass is 16.5. The Kier molecular flexibility index (Phi) is 4.40. The van der Waals surface area contributed by atoms with Crippen molar-refractivity contribution in [1.29, 1.82) is 0 Å². The largest absolute Gasteiger partial charge is 0.490 e. The third-order valence-corrected chi connectivity index (χ3v) is 3.11. The van der Waals surface area contributed by atoms with E-state index in [1.807, 2.05) is 18.2 Å².